The minimum atomic E-state index is -4.39. The van der Waals surface area contributed by atoms with E-state index in [4.69, 9.17) is 16.3 Å². The smallest absolute Gasteiger partial charge is 0.281 e. The van der Waals surface area contributed by atoms with Gasteiger partial charge in [0.15, 0.2) is 10.8 Å². The summed E-state index contributed by atoms with van der Waals surface area (Å²) < 4.78 is 46.6. The van der Waals surface area contributed by atoms with Gasteiger partial charge in [0.25, 0.3) is 15.9 Å². The van der Waals surface area contributed by atoms with E-state index >= 15 is 0 Å². The molecule has 0 atom stereocenters. The second kappa shape index (κ2) is 7.89. The number of amides is 1. The van der Waals surface area contributed by atoms with Gasteiger partial charge in [-0.3, -0.25) is 4.79 Å². The van der Waals surface area contributed by atoms with Gasteiger partial charge in [0.05, 0.1) is 12.2 Å². The Labute approximate surface area is 182 Å². The number of sulfonamides is 1. The summed E-state index contributed by atoms with van der Waals surface area (Å²) in [4.78, 5) is 19.8. The third-order valence-corrected chi connectivity index (χ3v) is 6.26. The van der Waals surface area contributed by atoms with Crippen LogP contribution in [0.25, 0.3) is 5.82 Å². The molecule has 0 bridgehead atoms. The lowest BCUT2D eigenvalue weighted by Crippen LogP contribution is -2.31. The summed E-state index contributed by atoms with van der Waals surface area (Å²) in [6, 6.07) is 7.65. The van der Waals surface area contributed by atoms with Gasteiger partial charge in [0.2, 0.25) is 11.8 Å². The fourth-order valence-electron chi connectivity index (χ4n) is 2.61. The number of ether oxygens (including phenoxy) is 1. The van der Waals surface area contributed by atoms with E-state index in [9.17, 15) is 17.6 Å². The Morgan fingerprint density at radius 3 is 2.71 bits per heavy atom. The minimum Gasteiger partial charge on any atom is -0.476 e. The van der Waals surface area contributed by atoms with Crippen molar-refractivity contribution in [3.8, 4) is 11.7 Å². The second-order valence-corrected chi connectivity index (χ2v) is 9.43. The predicted molar refractivity (Wildman–Crippen MR) is 108 cm³/mol. The van der Waals surface area contributed by atoms with Crippen LogP contribution in [0.3, 0.4) is 0 Å². The summed E-state index contributed by atoms with van der Waals surface area (Å²) in [5.74, 6) is -1.28. The van der Waals surface area contributed by atoms with Crippen LogP contribution in [-0.2, 0) is 10.0 Å². The third-order valence-electron chi connectivity index (χ3n) is 4.74. The molecule has 3 aromatic rings. The molecular weight excluding hydrogens is 449 g/mol. The van der Waals surface area contributed by atoms with Crippen molar-refractivity contribution in [3.05, 3.63) is 59.3 Å². The molecule has 1 aliphatic rings. The van der Waals surface area contributed by atoms with Gasteiger partial charge in [-0.05, 0) is 37.1 Å². The van der Waals surface area contributed by atoms with Gasteiger partial charge >= 0.3 is 0 Å². The molecule has 0 aromatic carbocycles. The molecule has 0 unspecified atom stereocenters. The second-order valence-electron chi connectivity index (χ2n) is 7.44. The fraction of sp³-hybridized carbons (Fsp3) is 0.263. The number of hydrogen-bond acceptors (Lipinski definition) is 7. The summed E-state index contributed by atoms with van der Waals surface area (Å²) >= 11 is 6.10. The van der Waals surface area contributed by atoms with Gasteiger partial charge in [-0.15, -0.1) is 5.10 Å². The Kier molecular flexibility index (Phi) is 5.40. The van der Waals surface area contributed by atoms with E-state index < -0.39 is 26.9 Å². The van der Waals surface area contributed by atoms with Crippen LogP contribution in [0.4, 0.5) is 4.39 Å². The Balaban J connectivity index is 1.48. The molecular formula is C19H17ClFN5O4S. The molecule has 4 rings (SSSR count). The number of hydrogen-bond donors (Lipinski definition) is 1. The van der Waals surface area contributed by atoms with Crippen LogP contribution in [0.5, 0.6) is 5.88 Å². The highest BCUT2D eigenvalue weighted by atomic mass is 35.5. The largest absolute Gasteiger partial charge is 0.476 e. The molecule has 0 aliphatic heterocycles. The maximum absolute atomic E-state index is 13.2. The molecule has 3 aromatic heterocycles. The third kappa shape index (κ3) is 4.83. The first-order valence-corrected chi connectivity index (χ1v) is 11.1. The minimum absolute atomic E-state index is 0.185. The highest BCUT2D eigenvalue weighted by Gasteiger charge is 2.38. The summed E-state index contributed by atoms with van der Waals surface area (Å²) in [5, 5.41) is 3.40. The first kappa shape index (κ1) is 21.2. The van der Waals surface area contributed by atoms with Crippen molar-refractivity contribution in [1.82, 2.24) is 24.5 Å². The van der Waals surface area contributed by atoms with Gasteiger partial charge in [-0.25, -0.2) is 19.4 Å². The Bertz CT molecular complexity index is 1260. The van der Waals surface area contributed by atoms with Crippen molar-refractivity contribution in [2.24, 2.45) is 5.41 Å². The van der Waals surface area contributed by atoms with Gasteiger partial charge < -0.3 is 4.74 Å². The van der Waals surface area contributed by atoms with Gasteiger partial charge in [0, 0.05) is 17.7 Å². The number of nitrogens with one attached hydrogen (secondary N) is 1. The molecule has 1 amide bonds. The molecule has 1 fully saturated rings. The monoisotopic (exact) mass is 465 g/mol. The Hall–Kier alpha value is -3.05. The van der Waals surface area contributed by atoms with Gasteiger partial charge in [-0.1, -0.05) is 24.6 Å². The van der Waals surface area contributed by atoms with Crippen molar-refractivity contribution >= 4 is 27.5 Å². The molecule has 3 heterocycles. The van der Waals surface area contributed by atoms with E-state index in [1.807, 2.05) is 0 Å². The van der Waals surface area contributed by atoms with Crippen LogP contribution >= 0.6 is 11.6 Å². The summed E-state index contributed by atoms with van der Waals surface area (Å²) in [6.07, 6.45) is 3.88. The molecule has 9 nitrogen and oxygen atoms in total. The molecule has 0 radical (unpaired) electrons. The van der Waals surface area contributed by atoms with E-state index in [-0.39, 0.29) is 16.1 Å². The van der Waals surface area contributed by atoms with E-state index in [0.717, 1.165) is 31.0 Å². The molecule has 12 heteroatoms. The molecule has 162 valence electrons. The molecule has 1 saturated carbocycles. The van der Waals surface area contributed by atoms with Crippen LogP contribution in [0.1, 0.15) is 30.1 Å². The average Bonchev–Trinajstić information content (AvgIpc) is 3.26. The number of pyridine rings is 2. The van der Waals surface area contributed by atoms with Crippen LogP contribution in [0, 0.1) is 11.4 Å². The number of rotatable bonds is 7. The van der Waals surface area contributed by atoms with Crippen LogP contribution < -0.4 is 9.46 Å². The Morgan fingerprint density at radius 2 is 2.03 bits per heavy atom. The number of carbonyl (C=O) groups is 1. The van der Waals surface area contributed by atoms with Gasteiger partial charge in [-0.2, -0.15) is 12.8 Å². The van der Waals surface area contributed by atoms with Gasteiger partial charge in [0.1, 0.15) is 5.15 Å². The van der Waals surface area contributed by atoms with E-state index in [1.54, 1.807) is 17.0 Å². The van der Waals surface area contributed by atoms with Crippen molar-refractivity contribution in [1.29, 1.82) is 0 Å². The lowest BCUT2D eigenvalue weighted by atomic mass is 10.2. The SMILES string of the molecule is CC1(COc2ccn(-c3ccc(C(=O)NS(=O)(=O)c4cccc(F)n4)c(Cl)n3)n2)CC1. The number of nitrogens with zero attached hydrogens (tertiary/aromatic N) is 4. The summed E-state index contributed by atoms with van der Waals surface area (Å²) in [6.45, 7) is 2.71. The van der Waals surface area contributed by atoms with E-state index in [1.165, 1.54) is 16.8 Å². The topological polar surface area (TPSA) is 116 Å². The summed E-state index contributed by atoms with van der Waals surface area (Å²) in [5.41, 5.74) is 0.0255. The van der Waals surface area contributed by atoms with Crippen LogP contribution in [0.15, 0.2) is 47.6 Å². The summed E-state index contributed by atoms with van der Waals surface area (Å²) in [7, 11) is -4.39. The van der Waals surface area contributed by atoms with E-state index in [0.29, 0.717) is 18.3 Å². The van der Waals surface area contributed by atoms with Crippen molar-refractivity contribution in [2.75, 3.05) is 6.61 Å². The molecule has 1 aliphatic carbocycles. The molecule has 31 heavy (non-hydrogen) atoms. The standard InChI is InChI=1S/C19H17ClFN5O4S/c1-19(8-9-19)11-30-15-7-10-26(24-15)14-6-5-12(17(20)23-14)18(27)25-31(28,29)16-4-2-3-13(21)22-16/h2-7,10H,8-9,11H2,1H3,(H,25,27). The van der Waals surface area contributed by atoms with Crippen molar-refractivity contribution in [3.63, 3.8) is 0 Å². The number of halogens is 2. The number of aromatic nitrogens is 4. The fourth-order valence-corrected chi connectivity index (χ4v) is 3.77. The zero-order valence-electron chi connectivity index (χ0n) is 16.2. The average molecular weight is 466 g/mol. The lowest BCUT2D eigenvalue weighted by Gasteiger charge is -2.09. The van der Waals surface area contributed by atoms with Crippen LogP contribution in [-0.4, -0.2) is 40.7 Å². The maximum atomic E-state index is 13.2. The highest BCUT2D eigenvalue weighted by Crippen LogP contribution is 2.44. The first-order valence-electron chi connectivity index (χ1n) is 9.20. The quantitative estimate of drug-likeness (QED) is 0.533. The first-order chi connectivity index (χ1) is 14.7. The lowest BCUT2D eigenvalue weighted by molar-refractivity contribution is 0.0981. The van der Waals surface area contributed by atoms with E-state index in [2.05, 4.69) is 22.0 Å². The zero-order chi connectivity index (χ0) is 22.2. The van der Waals surface area contributed by atoms with Crippen molar-refractivity contribution in [2.45, 2.75) is 24.8 Å². The van der Waals surface area contributed by atoms with Crippen molar-refractivity contribution < 1.29 is 22.3 Å². The van der Waals surface area contributed by atoms with Crippen LogP contribution in [0.2, 0.25) is 5.15 Å². The predicted octanol–water partition coefficient (Wildman–Crippen LogP) is 2.75. The zero-order valence-corrected chi connectivity index (χ0v) is 17.8. The normalized spacial score (nSPS) is 14.8. The molecule has 0 spiro atoms. The molecule has 0 saturated heterocycles. The molecule has 1 N–H and O–H groups in total. The maximum Gasteiger partial charge on any atom is 0.281 e. The Morgan fingerprint density at radius 1 is 1.26 bits per heavy atom. The number of carbonyl (C=O) groups excluding carboxylic acids is 1. The highest BCUT2D eigenvalue weighted by molar-refractivity contribution is 7.90.